The van der Waals surface area contributed by atoms with Crippen LogP contribution in [-0.2, 0) is 88.5 Å². The summed E-state index contributed by atoms with van der Waals surface area (Å²) in [5.41, 5.74) is 36.8. The standard InChI is InChI=1S/C35H42N6O2.C34H40N6O2.C22H24BrN5O2.C20H27BF3NO3/c1-40-16-14-25(15-17-40)18-24-6-10-27(11-7-24)28-12-8-26(9-13-28)23-43-33-5-3-4-32(33)39-35(42)31-19-29(20-37-34(31)36)30-21-38-41(2)22-30;1-40-21-29(20-38-40)28-18-30(33(35)37-19-28)34(41)39-31-3-2-4-32(31)42-22-25-7-11-27(12-8-25)26-9-5-23(6-10-26)17-24-13-15-36-16-14-24;1-28-12-16(11-26-28)15-9-18(21(24)25-10-15)22(29)27-19-3-2-4-20(19)30-13-14-5-7-17(23)8-6-14;1-18(2)19(3,4)28-21(27-18)16-7-5-14(6-8-16)13-15-9-11-25(12-10-15)17(26)20(22,23)24/h6-13,19-22,25,32-33H,3-5,14-18,23H2,1-2H3,(H2,36,37)(H,39,42);5-12,18-21,24,31-32,36H,2-4,13-17,22H2,1H3,(H2,35,37)(H,39,41);5-12,19-20H,2-4,13H2,1H3,(H2,24,25)(H,27,29);5-8,15H,9-13H2,1-4H3/t32-,33-;31-,32-;19-,20-;/m000./s1. The van der Waals surface area contributed by atoms with Gasteiger partial charge in [-0.1, -0.05) is 149 Å². The van der Waals surface area contributed by atoms with Crippen LogP contribution in [0.1, 0.15) is 188 Å². The Kier molecular flexibility index (Phi) is 34.4. The molecule has 0 bridgehead atoms. The Morgan fingerprint density at radius 2 is 0.720 bits per heavy atom. The van der Waals surface area contributed by atoms with Crippen LogP contribution in [0.5, 0.6) is 0 Å². The molecule has 19 rings (SSSR count). The van der Waals surface area contributed by atoms with Crippen molar-refractivity contribution in [3.05, 3.63) is 274 Å². The lowest BCUT2D eigenvalue weighted by molar-refractivity contribution is -0.186. The van der Waals surface area contributed by atoms with Crippen molar-refractivity contribution >= 4 is 69.6 Å². The van der Waals surface area contributed by atoms with Crippen molar-refractivity contribution in [2.75, 3.05) is 63.5 Å². The summed E-state index contributed by atoms with van der Waals surface area (Å²) in [6.07, 6.45) is 28.8. The van der Waals surface area contributed by atoms with Crippen molar-refractivity contribution in [3.63, 3.8) is 0 Å². The average Bonchev–Trinajstić information content (AvgIpc) is 1.62. The maximum Gasteiger partial charge on any atom is 0.494 e. The molecule has 0 unspecified atom stereocenters. The number of piperidine rings is 3. The molecule has 6 atom stereocenters. The number of anilines is 3. The Morgan fingerprint density at radius 3 is 1.04 bits per heavy atom. The number of hydrogen-bond donors (Lipinski definition) is 7. The first-order valence-electron chi connectivity index (χ1n) is 50.1. The van der Waals surface area contributed by atoms with E-state index >= 15 is 0 Å². The minimum absolute atomic E-state index is 0.0201. The third kappa shape index (κ3) is 27.8. The molecule has 143 heavy (non-hydrogen) atoms. The first-order valence-corrected chi connectivity index (χ1v) is 50.9. The summed E-state index contributed by atoms with van der Waals surface area (Å²) in [5, 5.41) is 25.5. The zero-order valence-electron chi connectivity index (χ0n) is 83.0. The van der Waals surface area contributed by atoms with Crippen LogP contribution in [0.2, 0.25) is 0 Å². The summed E-state index contributed by atoms with van der Waals surface area (Å²) < 4.78 is 74.6. The van der Waals surface area contributed by atoms with Gasteiger partial charge in [0, 0.05) is 109 Å². The van der Waals surface area contributed by atoms with Gasteiger partial charge in [-0.05, 0) is 286 Å². The van der Waals surface area contributed by atoms with Crippen LogP contribution in [0.25, 0.3) is 55.6 Å². The fourth-order valence-electron chi connectivity index (χ4n) is 19.9. The van der Waals surface area contributed by atoms with Gasteiger partial charge < -0.3 is 71.8 Å². The number of nitrogens with two attached hydrogens (primary N) is 3. The van der Waals surface area contributed by atoms with Crippen molar-refractivity contribution in [2.45, 2.75) is 217 Å². The molecule has 752 valence electrons. The van der Waals surface area contributed by atoms with Crippen molar-refractivity contribution in [2.24, 2.45) is 38.9 Å². The lowest BCUT2D eigenvalue weighted by Gasteiger charge is -2.32. The first-order chi connectivity index (χ1) is 68.8. The highest BCUT2D eigenvalue weighted by atomic mass is 79.9. The number of carbonyl (C=O) groups excluding carboxylic acids is 4. The maximum absolute atomic E-state index is 13.2. The van der Waals surface area contributed by atoms with Crippen molar-refractivity contribution in [1.82, 2.24) is 75.4 Å². The summed E-state index contributed by atoms with van der Waals surface area (Å²) in [6, 6.07) is 56.5. The third-order valence-corrected chi connectivity index (χ3v) is 29.7. The number of nitrogen functional groups attached to an aromatic ring is 3. The van der Waals surface area contributed by atoms with E-state index in [4.69, 9.17) is 40.7 Å². The van der Waals surface area contributed by atoms with E-state index in [2.05, 4.69) is 176 Å². The number of nitrogens with one attached hydrogen (secondary N) is 4. The van der Waals surface area contributed by atoms with Gasteiger partial charge in [-0.3, -0.25) is 33.2 Å². The molecule has 4 saturated heterocycles. The number of carbonyl (C=O) groups is 4. The fraction of sp³-hybridized carbons (Fsp3) is 0.423. The number of nitrogens with zero attached hydrogens (tertiary/aromatic N) is 11. The number of amides is 4. The molecule has 7 aliphatic rings. The predicted octanol–water partition coefficient (Wildman–Crippen LogP) is 17.6. The number of aromatic nitrogens is 9. The van der Waals surface area contributed by atoms with Crippen LogP contribution in [0.15, 0.2) is 224 Å². The number of hydrogen-bond acceptors (Lipinski definition) is 20. The highest BCUT2D eigenvalue weighted by Gasteiger charge is 2.52. The summed E-state index contributed by atoms with van der Waals surface area (Å²) in [6.45, 7) is 14.6. The Balaban J connectivity index is 0.000000139. The maximum atomic E-state index is 13.2. The normalized spacial score (nSPS) is 19.8. The van der Waals surface area contributed by atoms with Crippen LogP contribution in [0.4, 0.5) is 30.6 Å². The molecule has 10 N–H and O–H groups in total. The summed E-state index contributed by atoms with van der Waals surface area (Å²) in [5.74, 6) is 0.115. The average molecular weight is 2010 g/mol. The van der Waals surface area contributed by atoms with Crippen LogP contribution in [-0.4, -0.2) is 185 Å². The Bertz CT molecular complexity index is 6230. The molecule has 4 amide bonds. The predicted molar refractivity (Wildman–Crippen MR) is 556 cm³/mol. The summed E-state index contributed by atoms with van der Waals surface area (Å²) in [4.78, 5) is 66.8. The number of halogens is 4. The molecule has 3 aliphatic carbocycles. The third-order valence-electron chi connectivity index (χ3n) is 29.2. The topological polar surface area (TPSA) is 339 Å². The van der Waals surface area contributed by atoms with E-state index in [1.807, 2.05) is 116 Å². The summed E-state index contributed by atoms with van der Waals surface area (Å²) in [7, 11) is 7.36. The van der Waals surface area contributed by atoms with E-state index in [0.717, 1.165) is 160 Å². The molecular formula is C111H133BBrF3N18O9. The zero-order chi connectivity index (χ0) is 100. The van der Waals surface area contributed by atoms with Crippen LogP contribution in [0.3, 0.4) is 0 Å². The Morgan fingerprint density at radius 1 is 0.413 bits per heavy atom. The van der Waals surface area contributed by atoms with Gasteiger partial charge in [0.25, 0.3) is 17.7 Å². The molecule has 6 aromatic heterocycles. The van der Waals surface area contributed by atoms with Crippen LogP contribution >= 0.6 is 15.9 Å². The number of pyridine rings is 3. The smallest absolute Gasteiger partial charge is 0.399 e. The van der Waals surface area contributed by atoms with E-state index in [1.54, 1.807) is 69.4 Å². The van der Waals surface area contributed by atoms with E-state index in [-0.39, 0.29) is 90.6 Å². The quantitative estimate of drug-likeness (QED) is 0.0235. The van der Waals surface area contributed by atoms with E-state index in [9.17, 15) is 32.3 Å². The van der Waals surface area contributed by atoms with E-state index in [0.29, 0.717) is 49.4 Å². The second-order valence-corrected chi connectivity index (χ2v) is 41.2. The van der Waals surface area contributed by atoms with Gasteiger partial charge in [0.05, 0.1) is 103 Å². The number of aryl methyl sites for hydroxylation is 3. The molecule has 0 spiro atoms. The van der Waals surface area contributed by atoms with E-state index < -0.39 is 30.4 Å². The fourth-order valence-corrected chi connectivity index (χ4v) is 20.1. The van der Waals surface area contributed by atoms with Crippen LogP contribution < -0.4 is 43.9 Å². The van der Waals surface area contributed by atoms with E-state index in [1.165, 1.54) is 85.0 Å². The molecular weight excluding hydrogens is 1880 g/mol. The highest BCUT2D eigenvalue weighted by Crippen LogP contribution is 2.39. The van der Waals surface area contributed by atoms with Gasteiger partial charge in [0.1, 0.15) is 17.5 Å². The van der Waals surface area contributed by atoms with Crippen LogP contribution in [0, 0.1) is 17.8 Å². The lowest BCUT2D eigenvalue weighted by atomic mass is 9.78. The van der Waals surface area contributed by atoms with Gasteiger partial charge in [0.15, 0.2) is 0 Å². The molecule has 0 radical (unpaired) electrons. The minimum atomic E-state index is -4.78. The SMILES string of the molecule is CC1(C)OB(c2ccc(CC3CCN(C(=O)C(F)(F)F)CC3)cc2)OC1(C)C.CN1CCC(Cc2ccc(-c3ccc(CO[C@H]4CCC[C@@H]4NC(=O)c4cc(-c5cnn(C)c5)cnc4N)cc3)cc2)CC1.Cn1cc(-c2cnc(N)c(C(=O)N[C@H]3CCC[C@@H]3OCc3ccc(-c4ccc(CC5CCNCC5)cc4)cc3)c2)cn1.Cn1cc(-c2cnc(N)c(C(=O)N[C@H]3CCC[C@@H]3OCc3ccc(Br)cc3)c2)cn1. The molecule has 7 fully saturated rings. The number of alkyl halides is 3. The van der Waals surface area contributed by atoms with Crippen molar-refractivity contribution in [1.29, 1.82) is 0 Å². The molecule has 3 saturated carbocycles. The van der Waals surface area contributed by atoms with Crippen molar-refractivity contribution in [3.8, 4) is 55.6 Å². The second-order valence-electron chi connectivity index (χ2n) is 40.3. The molecule has 32 heteroatoms. The number of rotatable bonds is 27. The number of benzene rings is 6. The Labute approximate surface area is 844 Å². The van der Waals surface area contributed by atoms with Crippen molar-refractivity contribution < 1.29 is 55.9 Å². The number of ether oxygens (including phenoxy) is 3. The second kappa shape index (κ2) is 47.5. The largest absolute Gasteiger partial charge is 0.494 e. The molecule has 6 aromatic carbocycles. The van der Waals surface area contributed by atoms with Gasteiger partial charge in [-0.25, -0.2) is 15.0 Å². The van der Waals surface area contributed by atoms with Gasteiger partial charge in [-0.15, -0.1) is 0 Å². The number of likely N-dealkylation sites (tertiary alicyclic amines) is 2. The summed E-state index contributed by atoms with van der Waals surface area (Å²) >= 11 is 3.44. The molecule has 27 nitrogen and oxygen atoms in total. The molecule has 4 aliphatic heterocycles. The van der Waals surface area contributed by atoms with Gasteiger partial charge >= 0.3 is 19.2 Å². The monoisotopic (exact) mass is 2010 g/mol. The minimum Gasteiger partial charge on any atom is -0.399 e. The first kappa shape index (κ1) is 104. The zero-order valence-corrected chi connectivity index (χ0v) is 84.6. The lowest BCUT2D eigenvalue weighted by Crippen LogP contribution is -2.45. The molecule has 10 heterocycles. The molecule has 12 aromatic rings. The Hall–Kier alpha value is -12.3. The van der Waals surface area contributed by atoms with Gasteiger partial charge in [0.2, 0.25) is 0 Å². The highest BCUT2D eigenvalue weighted by molar-refractivity contribution is 9.10. The van der Waals surface area contributed by atoms with Gasteiger partial charge in [-0.2, -0.15) is 28.5 Å².